The second-order valence-corrected chi connectivity index (χ2v) is 18.4. The van der Waals surface area contributed by atoms with Gasteiger partial charge in [0, 0.05) is 53.4 Å². The number of fused-ring (bicyclic) bond motifs is 7. The molecule has 0 unspecified atom stereocenters. The number of benzene rings is 11. The van der Waals surface area contributed by atoms with Gasteiger partial charge in [-0.2, -0.15) is 0 Å². The number of hydrogen-bond acceptors (Lipinski definition) is 3. The lowest BCUT2D eigenvalue weighted by atomic mass is 10.0. The lowest BCUT2D eigenvalue weighted by Crippen LogP contribution is -2.14. The lowest BCUT2D eigenvalue weighted by Gasteiger charge is -2.31. The van der Waals surface area contributed by atoms with Crippen LogP contribution in [0.5, 0.6) is 0 Å². The number of rotatable bonds is 9. The average Bonchev–Trinajstić information content (AvgIpc) is 3.95. The van der Waals surface area contributed by atoms with Gasteiger partial charge in [-0.3, -0.25) is 0 Å². The average molecular weight is 886 g/mol. The van der Waals surface area contributed by atoms with Gasteiger partial charge in [-0.05, 0) is 119 Å². The molecule has 0 spiro atoms. The predicted octanol–water partition coefficient (Wildman–Crippen LogP) is 18.6. The number of hydrogen-bond donors (Lipinski definition) is 0. The first-order valence-corrected chi connectivity index (χ1v) is 24.0. The van der Waals surface area contributed by atoms with E-state index in [1.54, 1.807) is 0 Å². The smallest absolute Gasteiger partial charge is 0.0541 e. The maximum atomic E-state index is 2.44. The predicted molar refractivity (Wildman–Crippen MR) is 291 cm³/mol. The summed E-state index contributed by atoms with van der Waals surface area (Å²) < 4.78 is 5.06. The molecule has 0 aliphatic heterocycles. The van der Waals surface area contributed by atoms with Crippen LogP contribution >= 0.6 is 11.3 Å². The van der Waals surface area contributed by atoms with Gasteiger partial charge in [0.2, 0.25) is 0 Å². The maximum absolute atomic E-state index is 2.44. The minimum absolute atomic E-state index is 1.03. The molecule has 0 amide bonds. The minimum atomic E-state index is 1.03. The number of nitrogens with zero attached hydrogens (tertiary/aromatic N) is 3. The molecule has 0 N–H and O–H groups in total. The molecule has 0 bridgehead atoms. The Hall–Kier alpha value is -8.70. The van der Waals surface area contributed by atoms with Gasteiger partial charge in [0.15, 0.2) is 0 Å². The molecule has 0 radical (unpaired) electrons. The van der Waals surface area contributed by atoms with Crippen molar-refractivity contribution in [3.8, 4) is 27.9 Å². The summed E-state index contributed by atoms with van der Waals surface area (Å²) >= 11 is 1.86. The maximum Gasteiger partial charge on any atom is 0.0541 e. The van der Waals surface area contributed by atoms with Crippen LogP contribution in [0.4, 0.5) is 34.1 Å². The summed E-state index contributed by atoms with van der Waals surface area (Å²) in [5, 5.41) is 7.43. The second kappa shape index (κ2) is 16.6. The van der Waals surface area contributed by atoms with Crippen molar-refractivity contribution in [2.45, 2.75) is 0 Å². The van der Waals surface area contributed by atoms with E-state index in [0.29, 0.717) is 0 Å². The van der Waals surface area contributed by atoms with Crippen LogP contribution in [-0.4, -0.2) is 4.57 Å². The Morgan fingerprint density at radius 2 is 0.765 bits per heavy atom. The zero-order valence-electron chi connectivity index (χ0n) is 37.1. The second-order valence-electron chi connectivity index (χ2n) is 17.4. The SMILES string of the molecule is c1ccc(-c2ccc(N(c3ccc(-c4ccc5sc6ccccc6c5c4)cc3)c3cc(N(c4ccccc4)c4cccc5ccccc45)cc(-n4c5ccccc5c5ccccc54)c3)cc2)cc1. The third-order valence-electron chi connectivity index (χ3n) is 13.3. The fourth-order valence-electron chi connectivity index (χ4n) is 10.2. The van der Waals surface area contributed by atoms with E-state index < -0.39 is 0 Å². The Labute approximate surface area is 399 Å². The molecule has 0 atom stereocenters. The van der Waals surface area contributed by atoms with Crippen LogP contribution < -0.4 is 9.80 Å². The molecule has 0 saturated carbocycles. The first-order chi connectivity index (χ1) is 33.7. The van der Waals surface area contributed by atoms with E-state index in [0.717, 1.165) is 50.8 Å². The lowest BCUT2D eigenvalue weighted by molar-refractivity contribution is 1.16. The van der Waals surface area contributed by atoms with Gasteiger partial charge >= 0.3 is 0 Å². The van der Waals surface area contributed by atoms with E-state index in [2.05, 4.69) is 275 Å². The summed E-state index contributed by atoms with van der Waals surface area (Å²) in [6.07, 6.45) is 0. The molecule has 68 heavy (non-hydrogen) atoms. The Balaban J connectivity index is 1.05. The fourth-order valence-corrected chi connectivity index (χ4v) is 11.3. The van der Waals surface area contributed by atoms with Gasteiger partial charge in [-0.15, -0.1) is 11.3 Å². The topological polar surface area (TPSA) is 11.4 Å². The van der Waals surface area contributed by atoms with Crippen molar-refractivity contribution in [1.82, 2.24) is 4.57 Å². The molecular formula is C64H43N3S. The first-order valence-electron chi connectivity index (χ1n) is 23.2. The van der Waals surface area contributed by atoms with Gasteiger partial charge in [-0.25, -0.2) is 0 Å². The quantitative estimate of drug-likeness (QED) is 0.143. The molecule has 2 heterocycles. The number of thiophene rings is 1. The fraction of sp³-hybridized carbons (Fsp3) is 0. The van der Waals surface area contributed by atoms with Crippen LogP contribution in [0, 0.1) is 0 Å². The molecule has 2 aromatic heterocycles. The van der Waals surface area contributed by atoms with Crippen LogP contribution in [0.2, 0.25) is 0 Å². The highest BCUT2D eigenvalue weighted by Gasteiger charge is 2.23. The van der Waals surface area contributed by atoms with Crippen molar-refractivity contribution in [3.63, 3.8) is 0 Å². The highest BCUT2D eigenvalue weighted by molar-refractivity contribution is 7.25. The van der Waals surface area contributed by atoms with Gasteiger partial charge in [0.25, 0.3) is 0 Å². The molecule has 0 fully saturated rings. The van der Waals surface area contributed by atoms with Crippen LogP contribution in [0.1, 0.15) is 0 Å². The molecule has 3 nitrogen and oxygen atoms in total. The summed E-state index contributed by atoms with van der Waals surface area (Å²) in [6, 6.07) is 95.1. The highest BCUT2D eigenvalue weighted by Crippen LogP contribution is 2.46. The standard InChI is InChI=1S/C64H43N3S/c1-3-16-44(17-4-1)45-30-35-50(36-31-45)65(51-37-32-46(33-38-51)48-34-39-64-59(40-48)58-25-11-14-29-63(58)68-64)52-41-53(43-54(42-52)67-61-26-12-9-23-56(61)57-24-10-13-27-62(57)67)66(49-20-5-2-6-21-49)60-28-15-19-47-18-7-8-22-55(47)60/h1-43H. The van der Waals surface area contributed by atoms with Crippen molar-refractivity contribution in [3.05, 3.63) is 261 Å². The van der Waals surface area contributed by atoms with E-state index in [-0.39, 0.29) is 0 Å². The molecule has 13 aromatic rings. The van der Waals surface area contributed by atoms with Crippen molar-refractivity contribution in [1.29, 1.82) is 0 Å². The summed E-state index contributed by atoms with van der Waals surface area (Å²) in [5.74, 6) is 0. The zero-order chi connectivity index (χ0) is 45.0. The highest BCUT2D eigenvalue weighted by atomic mass is 32.1. The van der Waals surface area contributed by atoms with Crippen LogP contribution in [0.3, 0.4) is 0 Å². The molecule has 0 aliphatic carbocycles. The van der Waals surface area contributed by atoms with Gasteiger partial charge < -0.3 is 14.4 Å². The van der Waals surface area contributed by atoms with Crippen LogP contribution in [0.25, 0.3) is 80.7 Å². The Morgan fingerprint density at radius 3 is 1.46 bits per heavy atom. The molecule has 13 rings (SSSR count). The van der Waals surface area contributed by atoms with Crippen molar-refractivity contribution in [2.24, 2.45) is 0 Å². The molecular weight excluding hydrogens is 843 g/mol. The summed E-state index contributed by atoms with van der Waals surface area (Å²) in [5.41, 5.74) is 14.5. The normalized spacial score (nSPS) is 11.5. The summed E-state index contributed by atoms with van der Waals surface area (Å²) in [6.45, 7) is 0. The minimum Gasteiger partial charge on any atom is -0.310 e. The van der Waals surface area contributed by atoms with E-state index >= 15 is 0 Å². The summed E-state index contributed by atoms with van der Waals surface area (Å²) in [4.78, 5) is 4.84. The molecule has 0 saturated heterocycles. The third kappa shape index (κ3) is 6.90. The van der Waals surface area contributed by atoms with Gasteiger partial charge in [-0.1, -0.05) is 170 Å². The van der Waals surface area contributed by atoms with Gasteiger partial charge in [0.1, 0.15) is 0 Å². The molecule has 11 aromatic carbocycles. The van der Waals surface area contributed by atoms with E-state index in [1.807, 2.05) is 11.3 Å². The summed E-state index contributed by atoms with van der Waals surface area (Å²) in [7, 11) is 0. The molecule has 0 aliphatic rings. The Bertz CT molecular complexity index is 3910. The largest absolute Gasteiger partial charge is 0.310 e. The first kappa shape index (κ1) is 39.6. The Kier molecular flexibility index (Phi) is 9.69. The van der Waals surface area contributed by atoms with Crippen molar-refractivity contribution >= 4 is 98.2 Å². The van der Waals surface area contributed by atoms with Crippen LogP contribution in [0.15, 0.2) is 261 Å². The monoisotopic (exact) mass is 885 g/mol. The van der Waals surface area contributed by atoms with Crippen molar-refractivity contribution in [2.75, 3.05) is 9.80 Å². The van der Waals surface area contributed by atoms with E-state index in [1.165, 1.54) is 64.0 Å². The van der Waals surface area contributed by atoms with Crippen molar-refractivity contribution < 1.29 is 0 Å². The van der Waals surface area contributed by atoms with Gasteiger partial charge in [0.05, 0.1) is 33.8 Å². The number of anilines is 6. The van der Waals surface area contributed by atoms with E-state index in [9.17, 15) is 0 Å². The van der Waals surface area contributed by atoms with Crippen LogP contribution in [-0.2, 0) is 0 Å². The Morgan fingerprint density at radius 1 is 0.279 bits per heavy atom. The number of aromatic nitrogens is 1. The number of para-hydroxylation sites is 3. The zero-order valence-corrected chi connectivity index (χ0v) is 37.9. The third-order valence-corrected chi connectivity index (χ3v) is 14.5. The molecule has 4 heteroatoms. The van der Waals surface area contributed by atoms with E-state index in [4.69, 9.17) is 0 Å². The molecule has 320 valence electrons.